The Kier molecular flexibility index (Phi) is 5.76. The highest BCUT2D eigenvalue weighted by Crippen LogP contribution is 2.46. The summed E-state index contributed by atoms with van der Waals surface area (Å²) in [7, 11) is 0. The standard InChI is InChI=1S/C20H21ClF4N4O/c21-17-18(13-5-6-13)29(26-19(17)20(23,24)25)12-16(30)28-9-7-27(8-10-28)11-14-3-1-2-4-15(14)22/h1-4,13H,5-12H2. The van der Waals surface area contributed by atoms with Crippen LogP contribution in [-0.2, 0) is 24.1 Å². The third-order valence-corrected chi connectivity index (χ3v) is 5.90. The predicted octanol–water partition coefficient (Wildman–Crippen LogP) is 3.92. The molecule has 1 saturated heterocycles. The number of carbonyl (C=O) groups excluding carboxylic acids is 1. The Morgan fingerprint density at radius 2 is 1.80 bits per heavy atom. The number of nitrogens with zero attached hydrogens (tertiary/aromatic N) is 4. The normalized spacial score (nSPS) is 18.1. The van der Waals surface area contributed by atoms with Crippen LogP contribution in [0.1, 0.15) is 35.7 Å². The molecule has 0 radical (unpaired) electrons. The molecule has 0 N–H and O–H groups in total. The van der Waals surface area contributed by atoms with Crippen molar-refractivity contribution in [3.8, 4) is 0 Å². The van der Waals surface area contributed by atoms with Gasteiger partial charge in [0.2, 0.25) is 5.91 Å². The summed E-state index contributed by atoms with van der Waals surface area (Å²) in [4.78, 5) is 16.4. The van der Waals surface area contributed by atoms with E-state index in [4.69, 9.17) is 11.6 Å². The first-order valence-corrected chi connectivity index (χ1v) is 10.2. The van der Waals surface area contributed by atoms with E-state index in [1.165, 1.54) is 6.07 Å². The van der Waals surface area contributed by atoms with E-state index in [0.717, 1.165) is 17.5 Å². The number of hydrogen-bond acceptors (Lipinski definition) is 3. The van der Waals surface area contributed by atoms with Gasteiger partial charge in [-0.15, -0.1) is 0 Å². The lowest BCUT2D eigenvalue weighted by Gasteiger charge is -2.34. The Bertz CT molecular complexity index is 933. The Labute approximate surface area is 176 Å². The van der Waals surface area contributed by atoms with Gasteiger partial charge in [-0.05, 0) is 18.9 Å². The predicted molar refractivity (Wildman–Crippen MR) is 102 cm³/mol. The number of amides is 1. The summed E-state index contributed by atoms with van der Waals surface area (Å²) in [6, 6.07) is 6.56. The van der Waals surface area contributed by atoms with Gasteiger partial charge in [0.25, 0.3) is 0 Å². The Morgan fingerprint density at radius 3 is 2.40 bits per heavy atom. The fraction of sp³-hybridized carbons (Fsp3) is 0.500. The van der Waals surface area contributed by atoms with Gasteiger partial charge in [-0.2, -0.15) is 18.3 Å². The minimum absolute atomic E-state index is 0.0773. The molecule has 1 aliphatic heterocycles. The van der Waals surface area contributed by atoms with Gasteiger partial charge in [-0.1, -0.05) is 29.8 Å². The third-order valence-electron chi connectivity index (χ3n) is 5.53. The van der Waals surface area contributed by atoms with Crippen LogP contribution in [0.15, 0.2) is 24.3 Å². The molecule has 2 aromatic rings. The summed E-state index contributed by atoms with van der Waals surface area (Å²) in [6.45, 7) is 2.14. The number of carbonyl (C=O) groups is 1. The second-order valence-electron chi connectivity index (χ2n) is 7.73. The topological polar surface area (TPSA) is 41.4 Å². The van der Waals surface area contributed by atoms with Crippen LogP contribution < -0.4 is 0 Å². The summed E-state index contributed by atoms with van der Waals surface area (Å²) in [6.07, 6.45) is -3.18. The maximum atomic E-state index is 13.8. The van der Waals surface area contributed by atoms with Gasteiger partial charge in [0, 0.05) is 44.2 Å². The first-order chi connectivity index (χ1) is 14.2. The number of aromatic nitrogens is 2. The van der Waals surface area contributed by atoms with Crippen LogP contribution in [0.2, 0.25) is 5.02 Å². The van der Waals surface area contributed by atoms with E-state index >= 15 is 0 Å². The van der Waals surface area contributed by atoms with Crippen molar-refractivity contribution in [3.63, 3.8) is 0 Å². The number of rotatable bonds is 5. The molecule has 1 saturated carbocycles. The van der Waals surface area contributed by atoms with Gasteiger partial charge in [0.1, 0.15) is 12.4 Å². The highest BCUT2D eigenvalue weighted by Gasteiger charge is 2.42. The lowest BCUT2D eigenvalue weighted by atomic mass is 10.2. The highest BCUT2D eigenvalue weighted by molar-refractivity contribution is 6.32. The van der Waals surface area contributed by atoms with Crippen LogP contribution in [-0.4, -0.2) is 51.7 Å². The summed E-state index contributed by atoms with van der Waals surface area (Å²) in [5, 5.41) is 3.22. The Balaban J connectivity index is 1.39. The number of halogens is 5. The zero-order chi connectivity index (χ0) is 21.5. The monoisotopic (exact) mass is 444 g/mol. The van der Waals surface area contributed by atoms with Gasteiger partial charge in [0.15, 0.2) is 5.69 Å². The summed E-state index contributed by atoms with van der Waals surface area (Å²) in [5.41, 5.74) is -0.235. The zero-order valence-corrected chi connectivity index (χ0v) is 16.9. The smallest absolute Gasteiger partial charge is 0.339 e. The van der Waals surface area contributed by atoms with Crippen molar-refractivity contribution in [1.82, 2.24) is 19.6 Å². The molecule has 10 heteroatoms. The van der Waals surface area contributed by atoms with Crippen LogP contribution in [0.3, 0.4) is 0 Å². The Morgan fingerprint density at radius 1 is 1.13 bits per heavy atom. The second kappa shape index (κ2) is 8.19. The van der Waals surface area contributed by atoms with Crippen LogP contribution >= 0.6 is 11.6 Å². The molecule has 0 atom stereocenters. The van der Waals surface area contributed by atoms with E-state index in [-0.39, 0.29) is 24.2 Å². The molecule has 1 amide bonds. The lowest BCUT2D eigenvalue weighted by Crippen LogP contribution is -2.49. The van der Waals surface area contributed by atoms with E-state index in [1.54, 1.807) is 23.1 Å². The fourth-order valence-corrected chi connectivity index (χ4v) is 4.15. The van der Waals surface area contributed by atoms with Crippen molar-refractivity contribution in [2.75, 3.05) is 26.2 Å². The van der Waals surface area contributed by atoms with Crippen LogP contribution in [0.25, 0.3) is 0 Å². The quantitative estimate of drug-likeness (QED) is 0.656. The molecule has 30 heavy (non-hydrogen) atoms. The van der Waals surface area contributed by atoms with Crippen LogP contribution in [0.4, 0.5) is 17.6 Å². The number of alkyl halides is 3. The van der Waals surface area contributed by atoms with Crippen molar-refractivity contribution in [3.05, 3.63) is 52.1 Å². The van der Waals surface area contributed by atoms with Crippen LogP contribution in [0.5, 0.6) is 0 Å². The molecule has 0 spiro atoms. The summed E-state index contributed by atoms with van der Waals surface area (Å²) < 4.78 is 54.5. The Hall–Kier alpha value is -2.13. The van der Waals surface area contributed by atoms with Crippen molar-refractivity contribution < 1.29 is 22.4 Å². The SMILES string of the molecule is O=C(Cn1nc(C(F)(F)F)c(Cl)c1C1CC1)N1CCN(Cc2ccccc2F)CC1. The number of benzene rings is 1. The van der Waals surface area contributed by atoms with Gasteiger partial charge in [-0.3, -0.25) is 14.4 Å². The van der Waals surface area contributed by atoms with Crippen molar-refractivity contribution in [2.24, 2.45) is 0 Å². The van der Waals surface area contributed by atoms with E-state index in [2.05, 4.69) is 5.10 Å². The molecule has 0 bridgehead atoms. The first kappa shape index (κ1) is 21.1. The minimum atomic E-state index is -4.66. The second-order valence-corrected chi connectivity index (χ2v) is 8.10. The van der Waals surface area contributed by atoms with Crippen molar-refractivity contribution >= 4 is 17.5 Å². The molecule has 5 nitrogen and oxygen atoms in total. The lowest BCUT2D eigenvalue weighted by molar-refractivity contribution is -0.142. The summed E-state index contributed by atoms with van der Waals surface area (Å²) in [5.74, 6) is -0.638. The average molecular weight is 445 g/mol. The van der Waals surface area contributed by atoms with Crippen LogP contribution in [0, 0.1) is 5.82 Å². The summed E-state index contributed by atoms with van der Waals surface area (Å²) >= 11 is 5.96. The molecule has 0 unspecified atom stereocenters. The molecule has 2 fully saturated rings. The molecule has 1 aromatic carbocycles. The molecule has 2 heterocycles. The van der Waals surface area contributed by atoms with E-state index < -0.39 is 16.9 Å². The molecular formula is C20H21ClF4N4O. The average Bonchev–Trinajstić information content (AvgIpc) is 3.47. The molecular weight excluding hydrogens is 424 g/mol. The van der Waals surface area contributed by atoms with Gasteiger partial charge < -0.3 is 4.90 Å². The molecule has 1 aromatic heterocycles. The van der Waals surface area contributed by atoms with E-state index in [1.807, 2.05) is 4.90 Å². The highest BCUT2D eigenvalue weighted by atomic mass is 35.5. The number of piperazine rings is 1. The maximum Gasteiger partial charge on any atom is 0.436 e. The van der Waals surface area contributed by atoms with E-state index in [0.29, 0.717) is 44.0 Å². The largest absolute Gasteiger partial charge is 0.436 e. The van der Waals surface area contributed by atoms with Gasteiger partial charge in [-0.25, -0.2) is 4.39 Å². The van der Waals surface area contributed by atoms with Gasteiger partial charge in [0.05, 0.1) is 10.7 Å². The van der Waals surface area contributed by atoms with Crippen molar-refractivity contribution in [2.45, 2.75) is 38.0 Å². The number of hydrogen-bond donors (Lipinski definition) is 0. The minimum Gasteiger partial charge on any atom is -0.339 e. The fourth-order valence-electron chi connectivity index (χ4n) is 3.75. The molecule has 2 aliphatic rings. The maximum absolute atomic E-state index is 13.8. The zero-order valence-electron chi connectivity index (χ0n) is 16.1. The molecule has 4 rings (SSSR count). The first-order valence-electron chi connectivity index (χ1n) is 9.81. The molecule has 1 aliphatic carbocycles. The van der Waals surface area contributed by atoms with Crippen molar-refractivity contribution in [1.29, 1.82) is 0 Å². The molecule has 162 valence electrons. The third kappa shape index (κ3) is 4.46. The van der Waals surface area contributed by atoms with E-state index in [9.17, 15) is 22.4 Å². The van der Waals surface area contributed by atoms with Gasteiger partial charge >= 0.3 is 6.18 Å².